The third-order valence-corrected chi connectivity index (χ3v) is 4.90. The summed E-state index contributed by atoms with van der Waals surface area (Å²) in [6, 6.07) is 8.97. The van der Waals surface area contributed by atoms with Crippen LogP contribution in [-0.4, -0.2) is 37.2 Å². The van der Waals surface area contributed by atoms with Crippen molar-refractivity contribution in [3.8, 4) is 5.75 Å². The largest absolute Gasteiger partial charge is 0.508 e. The average molecular weight is 367 g/mol. The minimum atomic E-state index is -1.03. The molecule has 0 spiro atoms. The van der Waals surface area contributed by atoms with Crippen LogP contribution in [0.25, 0.3) is 11.0 Å². The zero-order valence-corrected chi connectivity index (χ0v) is 14.1. The van der Waals surface area contributed by atoms with E-state index < -0.39 is 23.8 Å². The van der Waals surface area contributed by atoms with Crippen molar-refractivity contribution in [2.24, 2.45) is 5.92 Å². The van der Waals surface area contributed by atoms with Gasteiger partial charge in [-0.05, 0) is 36.2 Å². The normalized spacial score (nSPS) is 18.4. The Labute approximate surface area is 153 Å². The molecule has 3 aromatic rings. The molecule has 0 aliphatic heterocycles. The maximum atomic E-state index is 12.7. The summed E-state index contributed by atoms with van der Waals surface area (Å²) in [7, 11) is 0. The summed E-state index contributed by atoms with van der Waals surface area (Å²) in [5.74, 6) is -1.88. The number of amides is 1. The maximum Gasteiger partial charge on any atom is 0.309 e. The number of hydrogen-bond donors (Lipinski definition) is 5. The van der Waals surface area contributed by atoms with E-state index in [1.807, 2.05) is 0 Å². The van der Waals surface area contributed by atoms with Crippen LogP contribution in [-0.2, 0) is 17.8 Å². The van der Waals surface area contributed by atoms with Crippen LogP contribution in [0.2, 0.25) is 0 Å². The molecule has 4 rings (SSSR count). The van der Waals surface area contributed by atoms with E-state index in [4.69, 9.17) is 5.11 Å². The number of aliphatic hydroxyl groups excluding tert-OH is 1. The number of H-pyrrole nitrogens is 1. The van der Waals surface area contributed by atoms with Crippen LogP contribution in [0.3, 0.4) is 0 Å². The quantitative estimate of drug-likeness (QED) is 0.474. The highest BCUT2D eigenvalue weighted by molar-refractivity contribution is 5.98. The van der Waals surface area contributed by atoms with Crippen LogP contribution in [0.5, 0.6) is 5.75 Å². The molecule has 1 heterocycles. The van der Waals surface area contributed by atoms with Gasteiger partial charge in [0, 0.05) is 11.1 Å². The van der Waals surface area contributed by atoms with E-state index >= 15 is 0 Å². The number of aliphatic carboxylic acids is 1. The van der Waals surface area contributed by atoms with Gasteiger partial charge >= 0.3 is 5.97 Å². The Morgan fingerprint density at radius 1 is 1.26 bits per heavy atom. The van der Waals surface area contributed by atoms with Crippen molar-refractivity contribution in [1.29, 1.82) is 0 Å². The van der Waals surface area contributed by atoms with Gasteiger partial charge in [0.05, 0.1) is 23.0 Å². The molecule has 138 valence electrons. The van der Waals surface area contributed by atoms with Gasteiger partial charge in [0.15, 0.2) is 0 Å². The van der Waals surface area contributed by atoms with Crippen molar-refractivity contribution in [1.82, 2.24) is 15.3 Å². The fraction of sp³-hybridized carbons (Fsp3) is 0.211. The minimum Gasteiger partial charge on any atom is -0.508 e. The molecular weight excluding hydrogens is 350 g/mol. The summed E-state index contributed by atoms with van der Waals surface area (Å²) in [6.45, 7) is -0.237. The molecule has 8 nitrogen and oxygen atoms in total. The molecule has 2 unspecified atom stereocenters. The van der Waals surface area contributed by atoms with Crippen LogP contribution in [0.4, 0.5) is 0 Å². The van der Waals surface area contributed by atoms with Crippen LogP contribution in [0.15, 0.2) is 36.4 Å². The topological polar surface area (TPSA) is 136 Å². The standard InChI is InChI=1S/C19H17N3O5/c23-8-16-20-13-5-4-9(6-14(13)21-16)18(25)22-17-10-2-1-3-15(24)11(10)7-12(17)19(26)27/h1-6,12,17,23-24H,7-8H2,(H,20,21)(H,22,25)(H,26,27). The first-order chi connectivity index (χ1) is 13.0. The number of hydrogen-bond acceptors (Lipinski definition) is 5. The van der Waals surface area contributed by atoms with Crippen molar-refractivity contribution in [2.45, 2.75) is 19.1 Å². The van der Waals surface area contributed by atoms with E-state index in [2.05, 4.69) is 15.3 Å². The van der Waals surface area contributed by atoms with Gasteiger partial charge in [-0.15, -0.1) is 0 Å². The summed E-state index contributed by atoms with van der Waals surface area (Å²) in [4.78, 5) is 31.5. The van der Waals surface area contributed by atoms with Crippen LogP contribution >= 0.6 is 0 Å². The number of aromatic amines is 1. The lowest BCUT2D eigenvalue weighted by Crippen LogP contribution is -2.34. The number of fused-ring (bicyclic) bond motifs is 2. The molecular formula is C19H17N3O5. The molecule has 1 amide bonds. The predicted octanol–water partition coefficient (Wildman–Crippen LogP) is 1.49. The molecule has 2 aromatic carbocycles. The lowest BCUT2D eigenvalue weighted by Gasteiger charge is -2.19. The SMILES string of the molecule is O=C(NC1c2cccc(O)c2CC1C(=O)O)c1ccc2nc(CO)[nH]c2c1. The predicted molar refractivity (Wildman–Crippen MR) is 95.2 cm³/mol. The second kappa shape index (κ2) is 6.40. The summed E-state index contributed by atoms with van der Waals surface area (Å²) < 4.78 is 0. The lowest BCUT2D eigenvalue weighted by molar-refractivity contribution is -0.142. The molecule has 8 heteroatoms. The number of imidazole rings is 1. The number of carbonyl (C=O) groups excluding carboxylic acids is 1. The first-order valence-electron chi connectivity index (χ1n) is 8.42. The Kier molecular flexibility index (Phi) is 4.04. The minimum absolute atomic E-state index is 0.0333. The van der Waals surface area contributed by atoms with Crippen molar-refractivity contribution in [3.05, 3.63) is 58.9 Å². The molecule has 1 aliphatic carbocycles. The molecule has 0 saturated carbocycles. The Bertz CT molecular complexity index is 1060. The van der Waals surface area contributed by atoms with Crippen molar-refractivity contribution >= 4 is 22.9 Å². The van der Waals surface area contributed by atoms with Gasteiger partial charge in [-0.2, -0.15) is 0 Å². The Morgan fingerprint density at radius 2 is 2.07 bits per heavy atom. The monoisotopic (exact) mass is 367 g/mol. The van der Waals surface area contributed by atoms with Crippen molar-refractivity contribution in [2.75, 3.05) is 0 Å². The van der Waals surface area contributed by atoms with Crippen LogP contribution in [0, 0.1) is 5.92 Å². The number of phenols is 1. The molecule has 2 atom stereocenters. The zero-order valence-electron chi connectivity index (χ0n) is 14.1. The molecule has 27 heavy (non-hydrogen) atoms. The Hall–Kier alpha value is -3.39. The highest BCUT2D eigenvalue weighted by Gasteiger charge is 2.39. The zero-order chi connectivity index (χ0) is 19.1. The Morgan fingerprint density at radius 3 is 2.81 bits per heavy atom. The summed E-state index contributed by atoms with van der Waals surface area (Å²) >= 11 is 0. The first kappa shape index (κ1) is 17.0. The molecule has 1 aromatic heterocycles. The number of nitrogens with one attached hydrogen (secondary N) is 2. The number of carboxylic acid groups (broad SMARTS) is 1. The molecule has 0 fully saturated rings. The fourth-order valence-corrected chi connectivity index (χ4v) is 3.57. The van der Waals surface area contributed by atoms with Gasteiger partial charge in [0.1, 0.15) is 18.2 Å². The number of phenolic OH excluding ortho intramolecular Hbond substituents is 1. The smallest absolute Gasteiger partial charge is 0.309 e. The maximum absolute atomic E-state index is 12.7. The number of nitrogens with zero attached hydrogens (tertiary/aromatic N) is 1. The lowest BCUT2D eigenvalue weighted by atomic mass is 10.00. The molecule has 1 aliphatic rings. The van der Waals surface area contributed by atoms with E-state index in [-0.39, 0.29) is 18.8 Å². The van der Waals surface area contributed by atoms with E-state index in [0.717, 1.165) is 0 Å². The third kappa shape index (κ3) is 2.89. The number of aromatic hydroxyl groups is 1. The molecule has 0 bridgehead atoms. The van der Waals surface area contributed by atoms with Gasteiger partial charge in [-0.3, -0.25) is 9.59 Å². The number of aliphatic hydroxyl groups is 1. The highest BCUT2D eigenvalue weighted by atomic mass is 16.4. The molecule has 0 saturated heterocycles. The molecule has 0 radical (unpaired) electrons. The average Bonchev–Trinajstić information content (AvgIpc) is 3.23. The van der Waals surface area contributed by atoms with E-state index in [0.29, 0.717) is 33.5 Å². The van der Waals surface area contributed by atoms with E-state index in [9.17, 15) is 19.8 Å². The second-order valence-electron chi connectivity index (χ2n) is 6.52. The molecule has 5 N–H and O–H groups in total. The van der Waals surface area contributed by atoms with Gasteiger partial charge < -0.3 is 25.6 Å². The summed E-state index contributed by atoms with van der Waals surface area (Å²) in [5.41, 5.74) is 2.72. The third-order valence-electron chi connectivity index (χ3n) is 4.90. The first-order valence-corrected chi connectivity index (χ1v) is 8.42. The number of carboxylic acids is 1. The number of rotatable bonds is 4. The van der Waals surface area contributed by atoms with Crippen molar-refractivity contribution < 1.29 is 24.9 Å². The number of aromatic nitrogens is 2. The van der Waals surface area contributed by atoms with Crippen LogP contribution < -0.4 is 5.32 Å². The fourth-order valence-electron chi connectivity index (χ4n) is 3.57. The van der Waals surface area contributed by atoms with Gasteiger partial charge in [0.25, 0.3) is 5.91 Å². The van der Waals surface area contributed by atoms with Gasteiger partial charge in [-0.1, -0.05) is 12.1 Å². The van der Waals surface area contributed by atoms with Gasteiger partial charge in [-0.25, -0.2) is 4.98 Å². The van der Waals surface area contributed by atoms with Crippen molar-refractivity contribution in [3.63, 3.8) is 0 Å². The second-order valence-corrected chi connectivity index (χ2v) is 6.52. The van der Waals surface area contributed by atoms with Gasteiger partial charge in [0.2, 0.25) is 0 Å². The summed E-state index contributed by atoms with van der Waals surface area (Å²) in [6.07, 6.45) is 0.154. The van der Waals surface area contributed by atoms with E-state index in [1.165, 1.54) is 6.07 Å². The summed E-state index contributed by atoms with van der Waals surface area (Å²) in [5, 5.41) is 31.5. The van der Waals surface area contributed by atoms with E-state index in [1.54, 1.807) is 30.3 Å². The Balaban J connectivity index is 1.65. The number of carbonyl (C=O) groups is 2. The van der Waals surface area contributed by atoms with Crippen LogP contribution in [0.1, 0.15) is 33.4 Å². The number of benzene rings is 2. The highest BCUT2D eigenvalue weighted by Crippen LogP contribution is 2.40.